The molecular weight excluding hydrogens is 249 g/mol. The lowest BCUT2D eigenvalue weighted by atomic mass is 10.1. The molecule has 0 heterocycles. The number of halogens is 3. The molecule has 0 amide bonds. The molecule has 0 aliphatic carbocycles. The molecule has 0 aromatic heterocycles. The molecule has 102 valence electrons. The Labute approximate surface area is 103 Å². The van der Waals surface area contributed by atoms with Gasteiger partial charge in [-0.2, -0.15) is 13.2 Å². The largest absolute Gasteiger partial charge is 0.490 e. The van der Waals surface area contributed by atoms with Crippen molar-refractivity contribution in [3.8, 4) is 5.75 Å². The molecule has 0 saturated carbocycles. The van der Waals surface area contributed by atoms with Gasteiger partial charge in [0.05, 0.1) is 6.10 Å². The predicted molar refractivity (Wildman–Crippen MR) is 59.2 cm³/mol. The third kappa shape index (κ3) is 3.89. The van der Waals surface area contributed by atoms with Crippen LogP contribution in [0.5, 0.6) is 5.75 Å². The average molecular weight is 264 g/mol. The Kier molecular flexibility index (Phi) is 4.98. The van der Waals surface area contributed by atoms with E-state index in [1.807, 2.05) is 0 Å². The van der Waals surface area contributed by atoms with E-state index in [1.54, 1.807) is 25.1 Å². The molecule has 0 radical (unpaired) electrons. The zero-order valence-electron chi connectivity index (χ0n) is 9.81. The number of ether oxygens (including phenoxy) is 1. The van der Waals surface area contributed by atoms with Gasteiger partial charge < -0.3 is 14.9 Å². The Morgan fingerprint density at radius 1 is 1.22 bits per heavy atom. The van der Waals surface area contributed by atoms with E-state index >= 15 is 0 Å². The van der Waals surface area contributed by atoms with Gasteiger partial charge in [0, 0.05) is 5.56 Å². The summed E-state index contributed by atoms with van der Waals surface area (Å²) in [6, 6.07) is 6.27. The van der Waals surface area contributed by atoms with Gasteiger partial charge in [0.25, 0.3) is 0 Å². The van der Waals surface area contributed by atoms with Crippen molar-refractivity contribution in [2.75, 3.05) is 6.61 Å². The average Bonchev–Trinajstić information content (AvgIpc) is 2.34. The van der Waals surface area contributed by atoms with E-state index in [-0.39, 0.29) is 5.75 Å². The molecule has 1 aromatic rings. The molecule has 6 heteroatoms. The predicted octanol–water partition coefficient (Wildman–Crippen LogP) is 2.43. The summed E-state index contributed by atoms with van der Waals surface area (Å²) < 4.78 is 41.2. The molecule has 2 N–H and O–H groups in total. The fraction of sp³-hybridized carbons (Fsp3) is 0.500. The van der Waals surface area contributed by atoms with E-state index < -0.39 is 25.0 Å². The fourth-order valence-corrected chi connectivity index (χ4v) is 1.37. The first-order valence-electron chi connectivity index (χ1n) is 5.50. The number of alkyl halides is 3. The van der Waals surface area contributed by atoms with E-state index in [0.717, 1.165) is 0 Å². The molecule has 0 spiro atoms. The van der Waals surface area contributed by atoms with E-state index in [1.165, 1.54) is 6.07 Å². The van der Waals surface area contributed by atoms with Gasteiger partial charge in [0.15, 0.2) is 6.10 Å². The molecule has 18 heavy (non-hydrogen) atoms. The minimum absolute atomic E-state index is 0.148. The molecule has 0 aliphatic heterocycles. The van der Waals surface area contributed by atoms with Gasteiger partial charge in [-0.25, -0.2) is 0 Å². The quantitative estimate of drug-likeness (QED) is 0.858. The summed E-state index contributed by atoms with van der Waals surface area (Å²) in [6.45, 7) is 0.850. The number of para-hydroxylation sites is 1. The summed E-state index contributed by atoms with van der Waals surface area (Å²) in [4.78, 5) is 0. The number of aliphatic hydroxyl groups excluding tert-OH is 2. The molecule has 3 nitrogen and oxygen atoms in total. The topological polar surface area (TPSA) is 49.7 Å². The van der Waals surface area contributed by atoms with Crippen molar-refractivity contribution >= 4 is 0 Å². The van der Waals surface area contributed by atoms with Crippen molar-refractivity contribution < 1.29 is 28.1 Å². The number of hydrogen-bond acceptors (Lipinski definition) is 3. The third-order valence-corrected chi connectivity index (χ3v) is 2.44. The molecule has 1 rings (SSSR count). The van der Waals surface area contributed by atoms with Crippen LogP contribution in [0.25, 0.3) is 0 Å². The van der Waals surface area contributed by atoms with Crippen LogP contribution in [0.3, 0.4) is 0 Å². The third-order valence-electron chi connectivity index (χ3n) is 2.44. The molecule has 0 saturated heterocycles. The van der Waals surface area contributed by atoms with Crippen LogP contribution in [-0.4, -0.2) is 29.1 Å². The second-order valence-corrected chi connectivity index (χ2v) is 3.83. The van der Waals surface area contributed by atoms with Crippen LogP contribution in [0.15, 0.2) is 24.3 Å². The first-order valence-corrected chi connectivity index (χ1v) is 5.50. The second-order valence-electron chi connectivity index (χ2n) is 3.83. The van der Waals surface area contributed by atoms with Crippen LogP contribution in [0, 0.1) is 0 Å². The summed E-state index contributed by atoms with van der Waals surface area (Å²) in [7, 11) is 0. The van der Waals surface area contributed by atoms with Crippen molar-refractivity contribution in [1.29, 1.82) is 0 Å². The Balaban J connectivity index is 2.73. The molecule has 0 aliphatic rings. The number of hydrogen-bond donors (Lipinski definition) is 2. The van der Waals surface area contributed by atoms with E-state index in [9.17, 15) is 18.3 Å². The second kappa shape index (κ2) is 6.06. The van der Waals surface area contributed by atoms with Gasteiger partial charge in [-0.15, -0.1) is 0 Å². The van der Waals surface area contributed by atoms with Crippen LogP contribution in [0.1, 0.15) is 25.0 Å². The lowest BCUT2D eigenvalue weighted by Gasteiger charge is -2.18. The number of rotatable bonds is 5. The van der Waals surface area contributed by atoms with E-state index in [4.69, 9.17) is 9.84 Å². The highest BCUT2D eigenvalue weighted by molar-refractivity contribution is 5.35. The number of benzene rings is 1. The summed E-state index contributed by atoms with van der Waals surface area (Å²) in [5.74, 6) is 0.148. The highest BCUT2D eigenvalue weighted by atomic mass is 19.4. The molecule has 2 atom stereocenters. The minimum atomic E-state index is -4.71. The van der Waals surface area contributed by atoms with Crippen LogP contribution < -0.4 is 4.74 Å². The van der Waals surface area contributed by atoms with Gasteiger partial charge in [-0.05, 0) is 12.5 Å². The van der Waals surface area contributed by atoms with Crippen LogP contribution in [-0.2, 0) is 0 Å². The van der Waals surface area contributed by atoms with E-state index in [0.29, 0.717) is 12.0 Å². The number of aliphatic hydroxyl groups is 2. The lowest BCUT2D eigenvalue weighted by Crippen LogP contribution is -2.34. The first-order chi connectivity index (χ1) is 8.36. The fourth-order valence-electron chi connectivity index (χ4n) is 1.37. The summed E-state index contributed by atoms with van der Waals surface area (Å²) >= 11 is 0. The highest BCUT2D eigenvalue weighted by Gasteiger charge is 2.38. The molecule has 0 bridgehead atoms. The zero-order valence-corrected chi connectivity index (χ0v) is 9.81. The standard InChI is InChI=1S/C12H15F3O3/c1-2-9(16)8-5-3-4-6-10(8)18-7-11(17)12(13,14)15/h3-6,9,11,16-17H,2,7H2,1H3/t9-,11?/m0/s1. The van der Waals surface area contributed by atoms with Crippen LogP contribution in [0.4, 0.5) is 13.2 Å². The Morgan fingerprint density at radius 3 is 2.39 bits per heavy atom. The molecule has 0 fully saturated rings. The maximum absolute atomic E-state index is 12.1. The van der Waals surface area contributed by atoms with Gasteiger partial charge >= 0.3 is 6.18 Å². The molecule has 1 unspecified atom stereocenters. The molecule has 1 aromatic carbocycles. The molecular formula is C12H15F3O3. The maximum atomic E-state index is 12.1. The van der Waals surface area contributed by atoms with Crippen LogP contribution in [0.2, 0.25) is 0 Å². The summed E-state index contributed by atoms with van der Waals surface area (Å²) in [5.41, 5.74) is 0.411. The Bertz CT molecular complexity index is 379. The van der Waals surface area contributed by atoms with Crippen molar-refractivity contribution in [2.24, 2.45) is 0 Å². The zero-order chi connectivity index (χ0) is 13.8. The normalized spacial score (nSPS) is 15.2. The lowest BCUT2D eigenvalue weighted by molar-refractivity contribution is -0.210. The SMILES string of the molecule is CC[C@H](O)c1ccccc1OCC(O)C(F)(F)F. The first kappa shape index (κ1) is 14.8. The van der Waals surface area contributed by atoms with Crippen molar-refractivity contribution in [2.45, 2.75) is 31.7 Å². The van der Waals surface area contributed by atoms with Gasteiger partial charge in [-0.3, -0.25) is 0 Å². The van der Waals surface area contributed by atoms with E-state index in [2.05, 4.69) is 0 Å². The van der Waals surface area contributed by atoms with Gasteiger partial charge in [0.1, 0.15) is 12.4 Å². The van der Waals surface area contributed by atoms with Gasteiger partial charge in [-0.1, -0.05) is 25.1 Å². The van der Waals surface area contributed by atoms with Gasteiger partial charge in [0.2, 0.25) is 0 Å². The minimum Gasteiger partial charge on any atom is -0.490 e. The van der Waals surface area contributed by atoms with Crippen LogP contribution >= 0.6 is 0 Å². The Morgan fingerprint density at radius 2 is 1.83 bits per heavy atom. The summed E-state index contributed by atoms with van der Waals surface area (Å²) in [6.07, 6.45) is -7.63. The van der Waals surface area contributed by atoms with Crippen molar-refractivity contribution in [1.82, 2.24) is 0 Å². The monoisotopic (exact) mass is 264 g/mol. The Hall–Kier alpha value is -1.27. The smallest absolute Gasteiger partial charge is 0.417 e. The summed E-state index contributed by atoms with van der Waals surface area (Å²) in [5, 5.41) is 18.5. The maximum Gasteiger partial charge on any atom is 0.417 e. The van der Waals surface area contributed by atoms with Crippen molar-refractivity contribution in [3.63, 3.8) is 0 Å². The highest BCUT2D eigenvalue weighted by Crippen LogP contribution is 2.28. The van der Waals surface area contributed by atoms with Crippen molar-refractivity contribution in [3.05, 3.63) is 29.8 Å².